The van der Waals surface area contributed by atoms with Crippen molar-refractivity contribution in [1.82, 2.24) is 10.2 Å². The van der Waals surface area contributed by atoms with Crippen LogP contribution in [0.25, 0.3) is 0 Å². The van der Waals surface area contributed by atoms with Gasteiger partial charge in [-0.15, -0.1) is 0 Å². The predicted octanol–water partition coefficient (Wildman–Crippen LogP) is 3.25. The van der Waals surface area contributed by atoms with E-state index < -0.39 is 0 Å². The molecule has 1 aliphatic heterocycles. The average molecular weight is 286 g/mol. The van der Waals surface area contributed by atoms with Crippen molar-refractivity contribution in [3.05, 3.63) is 35.4 Å². The first kappa shape index (κ1) is 14.6. The Hall–Kier alpha value is -1.35. The maximum absolute atomic E-state index is 12.7. The van der Waals surface area contributed by atoms with Gasteiger partial charge in [-0.05, 0) is 49.7 Å². The van der Waals surface area contributed by atoms with E-state index in [2.05, 4.69) is 55.3 Å². The van der Waals surface area contributed by atoms with Crippen molar-refractivity contribution >= 4 is 5.91 Å². The highest BCUT2D eigenvalue weighted by molar-refractivity contribution is 5.84. The van der Waals surface area contributed by atoms with Crippen molar-refractivity contribution in [2.24, 2.45) is 11.8 Å². The van der Waals surface area contributed by atoms with E-state index in [4.69, 9.17) is 0 Å². The van der Waals surface area contributed by atoms with Gasteiger partial charge in [-0.2, -0.15) is 0 Å². The Balaban J connectivity index is 1.96. The van der Waals surface area contributed by atoms with Gasteiger partial charge in [0.25, 0.3) is 0 Å². The molecular weight excluding hydrogens is 260 g/mol. The van der Waals surface area contributed by atoms with Crippen LogP contribution in [0.3, 0.4) is 0 Å². The van der Waals surface area contributed by atoms with E-state index in [1.165, 1.54) is 17.5 Å². The molecule has 0 radical (unpaired) electrons. The molecule has 5 atom stereocenters. The number of nitrogens with one attached hydrogen (secondary N) is 1. The SMILES string of the molecule is Cc1ccccc1C1NC(C)C(=O)N1C1CCC(C)C1C. The van der Waals surface area contributed by atoms with E-state index >= 15 is 0 Å². The molecule has 3 rings (SSSR count). The van der Waals surface area contributed by atoms with Crippen molar-refractivity contribution in [3.63, 3.8) is 0 Å². The summed E-state index contributed by atoms with van der Waals surface area (Å²) in [5.74, 6) is 1.54. The molecule has 1 amide bonds. The summed E-state index contributed by atoms with van der Waals surface area (Å²) in [6.45, 7) is 8.72. The molecule has 1 aliphatic carbocycles. The maximum Gasteiger partial charge on any atom is 0.241 e. The summed E-state index contributed by atoms with van der Waals surface area (Å²) in [5, 5.41) is 3.50. The van der Waals surface area contributed by atoms with Gasteiger partial charge in [0, 0.05) is 6.04 Å². The summed E-state index contributed by atoms with van der Waals surface area (Å²) in [6, 6.07) is 8.69. The van der Waals surface area contributed by atoms with Gasteiger partial charge in [-0.25, -0.2) is 0 Å². The fourth-order valence-electron chi connectivity index (χ4n) is 3.96. The zero-order valence-corrected chi connectivity index (χ0v) is 13.5. The Kier molecular flexibility index (Phi) is 3.78. The van der Waals surface area contributed by atoms with Crippen LogP contribution in [-0.2, 0) is 4.79 Å². The minimum atomic E-state index is -0.0855. The average Bonchev–Trinajstić information content (AvgIpc) is 2.93. The van der Waals surface area contributed by atoms with Crippen LogP contribution in [0.2, 0.25) is 0 Å². The Bertz CT molecular complexity index is 542. The van der Waals surface area contributed by atoms with Crippen LogP contribution in [0.1, 0.15) is 50.9 Å². The Labute approximate surface area is 127 Å². The Morgan fingerprint density at radius 3 is 2.48 bits per heavy atom. The summed E-state index contributed by atoms with van der Waals surface area (Å²) in [4.78, 5) is 14.8. The fraction of sp³-hybridized carbons (Fsp3) is 0.611. The molecule has 0 spiro atoms. The lowest BCUT2D eigenvalue weighted by atomic mass is 9.95. The quantitative estimate of drug-likeness (QED) is 0.905. The second-order valence-corrected chi connectivity index (χ2v) is 6.87. The van der Waals surface area contributed by atoms with Crippen molar-refractivity contribution in [1.29, 1.82) is 0 Å². The molecule has 1 N–H and O–H groups in total. The third kappa shape index (κ3) is 2.38. The fourth-order valence-corrected chi connectivity index (χ4v) is 3.96. The lowest BCUT2D eigenvalue weighted by Gasteiger charge is -2.34. The van der Waals surface area contributed by atoms with E-state index in [9.17, 15) is 4.79 Å². The van der Waals surface area contributed by atoms with Gasteiger partial charge in [0.05, 0.1) is 6.04 Å². The molecule has 3 heteroatoms. The van der Waals surface area contributed by atoms with Gasteiger partial charge in [0.2, 0.25) is 5.91 Å². The van der Waals surface area contributed by atoms with Crippen molar-refractivity contribution in [3.8, 4) is 0 Å². The van der Waals surface area contributed by atoms with Crippen molar-refractivity contribution in [2.75, 3.05) is 0 Å². The van der Waals surface area contributed by atoms with Crippen LogP contribution in [-0.4, -0.2) is 22.9 Å². The lowest BCUT2D eigenvalue weighted by Crippen LogP contribution is -2.42. The summed E-state index contributed by atoms with van der Waals surface area (Å²) in [6.07, 6.45) is 2.39. The Morgan fingerprint density at radius 1 is 1.14 bits per heavy atom. The molecule has 1 saturated carbocycles. The van der Waals surface area contributed by atoms with Crippen LogP contribution in [0.5, 0.6) is 0 Å². The first-order valence-electron chi connectivity index (χ1n) is 8.14. The topological polar surface area (TPSA) is 32.3 Å². The van der Waals surface area contributed by atoms with Gasteiger partial charge >= 0.3 is 0 Å². The van der Waals surface area contributed by atoms with E-state index in [1.54, 1.807) is 0 Å². The molecule has 1 heterocycles. The van der Waals surface area contributed by atoms with Crippen molar-refractivity contribution in [2.45, 2.75) is 58.8 Å². The molecule has 1 saturated heterocycles. The minimum Gasteiger partial charge on any atom is -0.318 e. The first-order chi connectivity index (χ1) is 10.0. The number of aryl methyl sites for hydroxylation is 1. The molecule has 0 aromatic heterocycles. The van der Waals surface area contributed by atoms with Gasteiger partial charge in [0.15, 0.2) is 0 Å². The van der Waals surface area contributed by atoms with Gasteiger partial charge in [-0.1, -0.05) is 38.1 Å². The molecule has 1 aromatic rings. The predicted molar refractivity (Wildman–Crippen MR) is 84.7 cm³/mol. The van der Waals surface area contributed by atoms with Gasteiger partial charge < -0.3 is 4.90 Å². The van der Waals surface area contributed by atoms with E-state index in [0.29, 0.717) is 17.9 Å². The number of hydrogen-bond donors (Lipinski definition) is 1. The van der Waals surface area contributed by atoms with Gasteiger partial charge in [-0.3, -0.25) is 10.1 Å². The maximum atomic E-state index is 12.7. The lowest BCUT2D eigenvalue weighted by molar-refractivity contribution is -0.132. The third-order valence-electron chi connectivity index (χ3n) is 5.57. The number of carbonyl (C=O) groups excluding carboxylic acids is 1. The summed E-state index contributed by atoms with van der Waals surface area (Å²) < 4.78 is 0. The highest BCUT2D eigenvalue weighted by Gasteiger charge is 2.45. The molecular formula is C18H26N2O. The van der Waals surface area contributed by atoms with E-state index in [1.807, 2.05) is 6.92 Å². The smallest absolute Gasteiger partial charge is 0.241 e. The number of hydrogen-bond acceptors (Lipinski definition) is 2. The van der Waals surface area contributed by atoms with Crippen LogP contribution in [0, 0.1) is 18.8 Å². The summed E-state index contributed by atoms with van der Waals surface area (Å²) >= 11 is 0. The largest absolute Gasteiger partial charge is 0.318 e. The van der Waals surface area contributed by atoms with Crippen molar-refractivity contribution < 1.29 is 4.79 Å². The Morgan fingerprint density at radius 2 is 1.86 bits per heavy atom. The second-order valence-electron chi connectivity index (χ2n) is 6.87. The molecule has 1 aromatic carbocycles. The second kappa shape index (κ2) is 5.45. The normalized spacial score (nSPS) is 36.5. The molecule has 5 unspecified atom stereocenters. The molecule has 0 bridgehead atoms. The third-order valence-corrected chi connectivity index (χ3v) is 5.57. The highest BCUT2D eigenvalue weighted by Crippen LogP contribution is 2.40. The molecule has 21 heavy (non-hydrogen) atoms. The van der Waals surface area contributed by atoms with Crippen LogP contribution in [0.4, 0.5) is 0 Å². The monoisotopic (exact) mass is 286 g/mol. The zero-order valence-electron chi connectivity index (χ0n) is 13.5. The van der Waals surface area contributed by atoms with E-state index in [0.717, 1.165) is 6.42 Å². The molecule has 114 valence electrons. The number of nitrogens with zero attached hydrogens (tertiary/aromatic N) is 1. The van der Waals surface area contributed by atoms with Gasteiger partial charge in [0.1, 0.15) is 6.17 Å². The molecule has 3 nitrogen and oxygen atoms in total. The first-order valence-corrected chi connectivity index (χ1v) is 8.14. The number of carbonyl (C=O) groups is 1. The van der Waals surface area contributed by atoms with Crippen LogP contribution >= 0.6 is 0 Å². The highest BCUT2D eigenvalue weighted by atomic mass is 16.2. The van der Waals surface area contributed by atoms with Crippen LogP contribution < -0.4 is 5.32 Å². The van der Waals surface area contributed by atoms with E-state index in [-0.39, 0.29) is 18.1 Å². The standard InChI is InChI=1S/C18H26N2O/c1-11-9-10-16(13(11)3)20-17(19-14(4)18(20)21)15-8-6-5-7-12(15)2/h5-8,11,13-14,16-17,19H,9-10H2,1-4H3. The number of benzene rings is 1. The van der Waals surface area contributed by atoms with Crippen LogP contribution in [0.15, 0.2) is 24.3 Å². The summed E-state index contributed by atoms with van der Waals surface area (Å²) in [7, 11) is 0. The molecule has 2 fully saturated rings. The number of amides is 1. The summed E-state index contributed by atoms with van der Waals surface area (Å²) in [5.41, 5.74) is 2.49. The number of rotatable bonds is 2. The zero-order chi connectivity index (χ0) is 15.1. The molecule has 2 aliphatic rings. The minimum absolute atomic E-state index is 0.0337.